The summed E-state index contributed by atoms with van der Waals surface area (Å²) < 4.78 is 0. The number of aliphatic hydroxyl groups is 1. The number of allylic oxidation sites excluding steroid dienone is 2. The van der Waals surface area contributed by atoms with Crippen molar-refractivity contribution in [1.82, 2.24) is 4.90 Å². The number of piperidine rings is 1. The van der Waals surface area contributed by atoms with Gasteiger partial charge in [-0.05, 0) is 73.9 Å². The van der Waals surface area contributed by atoms with Gasteiger partial charge in [-0.2, -0.15) is 0 Å². The van der Waals surface area contributed by atoms with Gasteiger partial charge in [0, 0.05) is 32.4 Å². The SMILES string of the molecule is Cc1ccc(C(CN(C)c2ccccc2)C(=O)CN2CCC(O)(C3=CCCC=C3)CC2)cc1C. The second kappa shape index (κ2) is 10.7. The normalized spacial score (nSPS) is 18.9. The minimum absolute atomic E-state index is 0.200. The number of para-hydroxylation sites is 1. The molecule has 2 aromatic carbocycles. The van der Waals surface area contributed by atoms with Gasteiger partial charge in [0.05, 0.1) is 18.1 Å². The zero-order valence-electron chi connectivity index (χ0n) is 20.8. The molecule has 0 radical (unpaired) electrons. The Morgan fingerprint density at radius 2 is 1.79 bits per heavy atom. The van der Waals surface area contributed by atoms with Crippen LogP contribution in [0.15, 0.2) is 72.3 Å². The number of Topliss-reactive ketones (excluding diaryl/α,β-unsaturated/α-hetero) is 1. The first-order chi connectivity index (χ1) is 16.4. The fourth-order valence-corrected chi connectivity index (χ4v) is 5.10. The molecule has 1 heterocycles. The molecule has 0 saturated carbocycles. The van der Waals surface area contributed by atoms with Crippen molar-refractivity contribution in [1.29, 1.82) is 0 Å². The summed E-state index contributed by atoms with van der Waals surface area (Å²) in [6.45, 7) is 6.76. The van der Waals surface area contributed by atoms with Gasteiger partial charge >= 0.3 is 0 Å². The van der Waals surface area contributed by atoms with Crippen LogP contribution in [0.5, 0.6) is 0 Å². The molecule has 1 aliphatic carbocycles. The number of anilines is 1. The van der Waals surface area contributed by atoms with E-state index in [4.69, 9.17) is 0 Å². The third-order valence-corrected chi connectivity index (χ3v) is 7.57. The first-order valence-electron chi connectivity index (χ1n) is 12.5. The molecule has 0 spiro atoms. The molecular formula is C30H38N2O2. The Labute approximate surface area is 204 Å². The van der Waals surface area contributed by atoms with Crippen molar-refractivity contribution < 1.29 is 9.90 Å². The van der Waals surface area contributed by atoms with Crippen molar-refractivity contribution >= 4 is 11.5 Å². The van der Waals surface area contributed by atoms with Crippen LogP contribution in [0, 0.1) is 13.8 Å². The van der Waals surface area contributed by atoms with Gasteiger partial charge in [-0.25, -0.2) is 0 Å². The molecule has 4 nitrogen and oxygen atoms in total. The van der Waals surface area contributed by atoms with Crippen LogP contribution in [-0.4, -0.2) is 54.6 Å². The molecule has 34 heavy (non-hydrogen) atoms. The summed E-state index contributed by atoms with van der Waals surface area (Å²) in [5.74, 6) is 0.0440. The lowest BCUT2D eigenvalue weighted by atomic mass is 9.81. The van der Waals surface area contributed by atoms with Gasteiger partial charge in [0.25, 0.3) is 0 Å². The van der Waals surface area contributed by atoms with Crippen molar-refractivity contribution in [3.05, 3.63) is 89.0 Å². The largest absolute Gasteiger partial charge is 0.385 e. The number of aryl methyl sites for hydroxylation is 2. The predicted octanol–water partition coefficient (Wildman–Crippen LogP) is 5.20. The molecule has 2 aliphatic rings. The molecule has 1 N–H and O–H groups in total. The maximum Gasteiger partial charge on any atom is 0.156 e. The second-order valence-electron chi connectivity index (χ2n) is 10.0. The molecule has 1 aliphatic heterocycles. The third kappa shape index (κ3) is 5.68. The number of rotatable bonds is 8. The van der Waals surface area contributed by atoms with Crippen molar-refractivity contribution in [2.45, 2.75) is 51.0 Å². The monoisotopic (exact) mass is 458 g/mol. The molecule has 1 saturated heterocycles. The van der Waals surface area contributed by atoms with E-state index >= 15 is 0 Å². The highest BCUT2D eigenvalue weighted by atomic mass is 16.3. The van der Waals surface area contributed by atoms with E-state index in [2.05, 4.69) is 79.3 Å². The lowest BCUT2D eigenvalue weighted by Crippen LogP contribution is -2.47. The molecule has 1 fully saturated rings. The zero-order chi connectivity index (χ0) is 24.1. The third-order valence-electron chi connectivity index (χ3n) is 7.57. The topological polar surface area (TPSA) is 43.8 Å². The minimum Gasteiger partial charge on any atom is -0.385 e. The number of carbonyl (C=O) groups excluding carboxylic acids is 1. The van der Waals surface area contributed by atoms with Crippen LogP contribution in [0.1, 0.15) is 48.3 Å². The molecular weight excluding hydrogens is 420 g/mol. The van der Waals surface area contributed by atoms with E-state index in [-0.39, 0.29) is 11.7 Å². The average Bonchev–Trinajstić information content (AvgIpc) is 2.86. The van der Waals surface area contributed by atoms with E-state index in [9.17, 15) is 9.90 Å². The van der Waals surface area contributed by atoms with Crippen LogP contribution in [0.4, 0.5) is 5.69 Å². The predicted molar refractivity (Wildman–Crippen MR) is 140 cm³/mol. The molecule has 0 amide bonds. The van der Waals surface area contributed by atoms with E-state index in [1.54, 1.807) is 0 Å². The summed E-state index contributed by atoms with van der Waals surface area (Å²) in [5.41, 5.74) is 4.96. The van der Waals surface area contributed by atoms with Crippen LogP contribution in [0.3, 0.4) is 0 Å². The Kier molecular flexibility index (Phi) is 7.70. The van der Waals surface area contributed by atoms with E-state index in [0.717, 1.165) is 42.8 Å². The molecule has 0 bridgehead atoms. The molecule has 4 heteroatoms. The number of carbonyl (C=O) groups is 1. The summed E-state index contributed by atoms with van der Waals surface area (Å²) in [4.78, 5) is 18.1. The maximum atomic E-state index is 13.7. The number of benzene rings is 2. The molecule has 180 valence electrons. The van der Waals surface area contributed by atoms with Crippen molar-refractivity contribution in [2.24, 2.45) is 0 Å². The smallest absolute Gasteiger partial charge is 0.156 e. The van der Waals surface area contributed by atoms with E-state index in [1.165, 1.54) is 11.1 Å². The van der Waals surface area contributed by atoms with E-state index in [1.807, 2.05) is 18.2 Å². The van der Waals surface area contributed by atoms with Crippen molar-refractivity contribution in [3.63, 3.8) is 0 Å². The van der Waals surface area contributed by atoms with E-state index < -0.39 is 5.60 Å². The Morgan fingerprint density at radius 1 is 1.06 bits per heavy atom. The van der Waals surface area contributed by atoms with Gasteiger partial charge in [0.15, 0.2) is 5.78 Å². The Bertz CT molecular complexity index is 1050. The van der Waals surface area contributed by atoms with Crippen LogP contribution < -0.4 is 4.90 Å². The van der Waals surface area contributed by atoms with Gasteiger partial charge < -0.3 is 10.0 Å². The quantitative estimate of drug-likeness (QED) is 0.591. The lowest BCUT2D eigenvalue weighted by Gasteiger charge is -2.39. The zero-order valence-corrected chi connectivity index (χ0v) is 20.8. The highest BCUT2D eigenvalue weighted by molar-refractivity contribution is 5.88. The fourth-order valence-electron chi connectivity index (χ4n) is 5.10. The molecule has 2 aromatic rings. The summed E-state index contributed by atoms with van der Waals surface area (Å²) in [5, 5.41) is 11.2. The fraction of sp³-hybridized carbons (Fsp3) is 0.433. The highest BCUT2D eigenvalue weighted by Gasteiger charge is 2.36. The molecule has 0 aromatic heterocycles. The van der Waals surface area contributed by atoms with Crippen LogP contribution in [0.25, 0.3) is 0 Å². The summed E-state index contributed by atoms with van der Waals surface area (Å²) in [6.07, 6.45) is 9.82. The average molecular weight is 459 g/mol. The van der Waals surface area contributed by atoms with Gasteiger partial charge in [0.1, 0.15) is 0 Å². The highest BCUT2D eigenvalue weighted by Crippen LogP contribution is 2.33. The minimum atomic E-state index is -0.753. The van der Waals surface area contributed by atoms with Crippen LogP contribution >= 0.6 is 0 Å². The van der Waals surface area contributed by atoms with Crippen LogP contribution in [-0.2, 0) is 4.79 Å². The summed E-state index contributed by atoms with van der Waals surface area (Å²) in [6, 6.07) is 16.7. The number of likely N-dealkylation sites (tertiary alicyclic amines) is 1. The van der Waals surface area contributed by atoms with Gasteiger partial charge in [0.2, 0.25) is 0 Å². The van der Waals surface area contributed by atoms with Gasteiger partial charge in [-0.1, -0.05) is 54.6 Å². The van der Waals surface area contributed by atoms with Crippen molar-refractivity contribution in [2.75, 3.05) is 38.1 Å². The maximum absolute atomic E-state index is 13.7. The standard InChI is InChI=1S/C30H38N2O2/c1-23-14-15-25(20-24(23)2)28(21-31(3)27-12-8-5-9-13-27)29(33)22-32-18-16-30(34,17-19-32)26-10-6-4-7-11-26/h5-6,8-15,20,28,34H,4,7,16-19,21-22H2,1-3H3. The molecule has 4 rings (SSSR count). The summed E-state index contributed by atoms with van der Waals surface area (Å²) in [7, 11) is 2.06. The number of hydrogen-bond acceptors (Lipinski definition) is 4. The van der Waals surface area contributed by atoms with E-state index in [0.29, 0.717) is 25.9 Å². The lowest BCUT2D eigenvalue weighted by molar-refractivity contribution is -0.122. The number of ketones is 1. The molecule has 1 unspecified atom stereocenters. The molecule has 1 atom stereocenters. The van der Waals surface area contributed by atoms with Crippen molar-refractivity contribution in [3.8, 4) is 0 Å². The van der Waals surface area contributed by atoms with Crippen LogP contribution in [0.2, 0.25) is 0 Å². The first kappa shape index (κ1) is 24.4. The Balaban J connectivity index is 1.46. The summed E-state index contributed by atoms with van der Waals surface area (Å²) >= 11 is 0. The Morgan fingerprint density at radius 3 is 2.44 bits per heavy atom. The number of likely N-dealkylation sites (N-methyl/N-ethyl adjacent to an activating group) is 1. The first-order valence-corrected chi connectivity index (χ1v) is 12.5. The number of nitrogens with zero attached hydrogens (tertiary/aromatic N) is 2. The van der Waals surface area contributed by atoms with Gasteiger partial charge in [-0.15, -0.1) is 0 Å². The van der Waals surface area contributed by atoms with Gasteiger partial charge in [-0.3, -0.25) is 9.69 Å². The second-order valence-corrected chi connectivity index (χ2v) is 10.0. The number of hydrogen-bond donors (Lipinski definition) is 1. The Hall–Kier alpha value is -2.69.